The van der Waals surface area contributed by atoms with Crippen molar-refractivity contribution in [3.05, 3.63) is 0 Å². The number of amides is 1. The third kappa shape index (κ3) is 4.67. The van der Waals surface area contributed by atoms with Crippen LogP contribution in [0.2, 0.25) is 0 Å². The number of likely N-dealkylation sites (tertiary alicyclic amines) is 1. The molecule has 1 heterocycles. The van der Waals surface area contributed by atoms with Crippen molar-refractivity contribution < 1.29 is 24.2 Å². The normalized spacial score (nSPS) is 23.4. The maximum atomic E-state index is 12.2. The molecule has 1 amide bonds. The van der Waals surface area contributed by atoms with E-state index in [1.165, 1.54) is 4.90 Å². The van der Waals surface area contributed by atoms with Gasteiger partial charge in [-0.05, 0) is 46.5 Å². The molecule has 116 valence electrons. The summed E-state index contributed by atoms with van der Waals surface area (Å²) in [6.45, 7) is 7.74. The van der Waals surface area contributed by atoms with Crippen molar-refractivity contribution in [1.82, 2.24) is 4.90 Å². The van der Waals surface area contributed by atoms with E-state index in [9.17, 15) is 14.7 Å². The number of carbonyl (C=O) groups is 2. The molecular weight excluding hydrogens is 262 g/mol. The van der Waals surface area contributed by atoms with Gasteiger partial charge in [0.05, 0.1) is 6.61 Å². The van der Waals surface area contributed by atoms with Gasteiger partial charge < -0.3 is 14.6 Å². The molecule has 0 radical (unpaired) electrons. The van der Waals surface area contributed by atoms with Gasteiger partial charge >= 0.3 is 12.1 Å². The number of hydrogen-bond acceptors (Lipinski definition) is 5. The molecule has 6 heteroatoms. The lowest BCUT2D eigenvalue weighted by Crippen LogP contribution is -2.52. The van der Waals surface area contributed by atoms with Crippen molar-refractivity contribution in [2.24, 2.45) is 5.92 Å². The van der Waals surface area contributed by atoms with Gasteiger partial charge in [0, 0.05) is 13.2 Å². The van der Waals surface area contributed by atoms with E-state index in [2.05, 4.69) is 0 Å². The Balaban J connectivity index is 2.80. The zero-order valence-electron chi connectivity index (χ0n) is 12.7. The van der Waals surface area contributed by atoms with Gasteiger partial charge in [0.15, 0.2) is 0 Å². The van der Waals surface area contributed by atoms with Crippen LogP contribution in [0, 0.1) is 5.92 Å². The maximum absolute atomic E-state index is 12.2. The lowest BCUT2D eigenvalue weighted by atomic mass is 9.92. The number of rotatable bonds is 3. The van der Waals surface area contributed by atoms with Crippen LogP contribution in [0.15, 0.2) is 0 Å². The summed E-state index contributed by atoms with van der Waals surface area (Å²) in [4.78, 5) is 25.6. The van der Waals surface area contributed by atoms with Crippen LogP contribution in [0.4, 0.5) is 4.79 Å². The Morgan fingerprint density at radius 3 is 2.50 bits per heavy atom. The summed E-state index contributed by atoms with van der Waals surface area (Å²) in [7, 11) is 0. The standard InChI is InChI=1S/C14H25NO5/c1-5-19-12(17)11-8-10(9-16)6-7-15(11)13(18)20-14(2,3)4/h10-11,16H,5-9H2,1-4H3/t10-,11+/m0/s1. The second kappa shape index (κ2) is 6.92. The second-order valence-corrected chi connectivity index (χ2v) is 6.01. The van der Waals surface area contributed by atoms with E-state index < -0.39 is 23.7 Å². The van der Waals surface area contributed by atoms with Crippen LogP contribution in [0.5, 0.6) is 0 Å². The number of piperidine rings is 1. The van der Waals surface area contributed by atoms with Gasteiger partial charge in [-0.1, -0.05) is 0 Å². The minimum atomic E-state index is -0.671. The van der Waals surface area contributed by atoms with Crippen LogP contribution in [0.25, 0.3) is 0 Å². The van der Waals surface area contributed by atoms with Crippen LogP contribution in [0.1, 0.15) is 40.5 Å². The highest BCUT2D eigenvalue weighted by atomic mass is 16.6. The molecule has 1 aliphatic heterocycles. The maximum Gasteiger partial charge on any atom is 0.411 e. The minimum Gasteiger partial charge on any atom is -0.464 e. The fraction of sp³-hybridized carbons (Fsp3) is 0.857. The van der Waals surface area contributed by atoms with Gasteiger partial charge in [-0.3, -0.25) is 4.90 Å². The molecule has 0 saturated carbocycles. The summed E-state index contributed by atoms with van der Waals surface area (Å²) in [5, 5.41) is 9.24. The highest BCUT2D eigenvalue weighted by Crippen LogP contribution is 2.25. The fourth-order valence-electron chi connectivity index (χ4n) is 2.21. The van der Waals surface area contributed by atoms with Crippen molar-refractivity contribution in [2.75, 3.05) is 19.8 Å². The van der Waals surface area contributed by atoms with E-state index in [0.29, 0.717) is 19.4 Å². The molecule has 1 N–H and O–H groups in total. The van der Waals surface area contributed by atoms with Gasteiger partial charge in [0.1, 0.15) is 11.6 Å². The van der Waals surface area contributed by atoms with E-state index in [0.717, 1.165) is 0 Å². The molecule has 0 aromatic heterocycles. The Hall–Kier alpha value is -1.30. The van der Waals surface area contributed by atoms with Crippen LogP contribution >= 0.6 is 0 Å². The van der Waals surface area contributed by atoms with Crippen LogP contribution in [-0.4, -0.2) is 53.5 Å². The highest BCUT2D eigenvalue weighted by Gasteiger charge is 2.38. The molecule has 1 saturated heterocycles. The summed E-state index contributed by atoms with van der Waals surface area (Å²) >= 11 is 0. The van der Waals surface area contributed by atoms with Crippen LogP contribution in [-0.2, 0) is 14.3 Å². The zero-order valence-corrected chi connectivity index (χ0v) is 12.7. The quantitative estimate of drug-likeness (QED) is 0.797. The van der Waals surface area contributed by atoms with Gasteiger partial charge in [-0.2, -0.15) is 0 Å². The van der Waals surface area contributed by atoms with E-state index in [-0.39, 0.29) is 19.1 Å². The Bertz CT molecular complexity index is 350. The molecule has 20 heavy (non-hydrogen) atoms. The smallest absolute Gasteiger partial charge is 0.411 e. The monoisotopic (exact) mass is 287 g/mol. The Morgan fingerprint density at radius 2 is 2.00 bits per heavy atom. The van der Waals surface area contributed by atoms with Crippen LogP contribution < -0.4 is 0 Å². The molecule has 1 rings (SSSR count). The average Bonchev–Trinajstić information content (AvgIpc) is 2.36. The van der Waals surface area contributed by atoms with E-state index in [4.69, 9.17) is 9.47 Å². The van der Waals surface area contributed by atoms with E-state index in [1.54, 1.807) is 27.7 Å². The van der Waals surface area contributed by atoms with Gasteiger partial charge in [0.25, 0.3) is 0 Å². The third-order valence-electron chi connectivity index (χ3n) is 3.16. The number of aliphatic hydroxyl groups is 1. The molecular formula is C14H25NO5. The van der Waals surface area contributed by atoms with Crippen molar-refractivity contribution in [3.63, 3.8) is 0 Å². The van der Waals surface area contributed by atoms with E-state index >= 15 is 0 Å². The molecule has 6 nitrogen and oxygen atoms in total. The lowest BCUT2D eigenvalue weighted by Gasteiger charge is -2.38. The molecule has 0 unspecified atom stereocenters. The summed E-state index contributed by atoms with van der Waals surface area (Å²) in [5.74, 6) is -0.417. The number of esters is 1. The number of hydrogen-bond donors (Lipinski definition) is 1. The van der Waals surface area contributed by atoms with Crippen LogP contribution in [0.3, 0.4) is 0 Å². The number of nitrogens with zero attached hydrogens (tertiary/aromatic N) is 1. The minimum absolute atomic E-state index is 0.0120. The Kier molecular flexibility index (Phi) is 5.80. The predicted octanol–water partition coefficient (Wildman–Crippen LogP) is 1.56. The van der Waals surface area contributed by atoms with Crippen molar-refractivity contribution in [3.8, 4) is 0 Å². The summed E-state index contributed by atoms with van der Waals surface area (Å²) in [6, 6.07) is -0.671. The molecule has 0 aromatic rings. The SMILES string of the molecule is CCOC(=O)[C@H]1C[C@@H](CO)CCN1C(=O)OC(C)(C)C. The summed E-state index contributed by atoms with van der Waals surface area (Å²) in [6.07, 6.45) is 0.562. The molecule has 1 aliphatic rings. The largest absolute Gasteiger partial charge is 0.464 e. The van der Waals surface area contributed by atoms with Gasteiger partial charge in [-0.25, -0.2) is 9.59 Å². The van der Waals surface area contributed by atoms with Crippen molar-refractivity contribution in [2.45, 2.75) is 52.2 Å². The van der Waals surface area contributed by atoms with E-state index in [1.807, 2.05) is 0 Å². The highest BCUT2D eigenvalue weighted by molar-refractivity contribution is 5.81. The molecule has 0 bridgehead atoms. The summed E-state index contributed by atoms with van der Waals surface area (Å²) in [5.41, 5.74) is -0.607. The number of aliphatic hydroxyl groups excluding tert-OH is 1. The first-order chi connectivity index (χ1) is 9.28. The molecule has 1 fully saturated rings. The molecule has 0 aromatic carbocycles. The van der Waals surface area contributed by atoms with Gasteiger partial charge in [0.2, 0.25) is 0 Å². The topological polar surface area (TPSA) is 76.1 Å². The van der Waals surface area contributed by atoms with Gasteiger partial charge in [-0.15, -0.1) is 0 Å². The first kappa shape index (κ1) is 16.8. The Morgan fingerprint density at radius 1 is 1.35 bits per heavy atom. The third-order valence-corrected chi connectivity index (χ3v) is 3.16. The summed E-state index contributed by atoms with van der Waals surface area (Å²) < 4.78 is 10.3. The molecule has 0 aliphatic carbocycles. The Labute approximate surface area is 120 Å². The number of carbonyl (C=O) groups excluding carboxylic acids is 2. The second-order valence-electron chi connectivity index (χ2n) is 6.01. The molecule has 0 spiro atoms. The van der Waals surface area contributed by atoms with Crippen molar-refractivity contribution in [1.29, 1.82) is 0 Å². The first-order valence-electron chi connectivity index (χ1n) is 7.05. The lowest BCUT2D eigenvalue weighted by molar-refractivity contribution is -0.151. The first-order valence-corrected chi connectivity index (χ1v) is 7.05. The number of ether oxygens (including phenoxy) is 2. The average molecular weight is 287 g/mol. The molecule has 2 atom stereocenters. The zero-order chi connectivity index (χ0) is 15.3. The predicted molar refractivity (Wildman–Crippen MR) is 73.2 cm³/mol. The van der Waals surface area contributed by atoms with Crippen molar-refractivity contribution >= 4 is 12.1 Å². The fourth-order valence-corrected chi connectivity index (χ4v) is 2.21.